The lowest BCUT2D eigenvalue weighted by Gasteiger charge is -2.35. The highest BCUT2D eigenvalue weighted by atomic mass is 35.5. The van der Waals surface area contributed by atoms with Gasteiger partial charge in [-0.1, -0.05) is 0 Å². The number of benzene rings is 1. The molecule has 0 saturated carbocycles. The van der Waals surface area contributed by atoms with E-state index in [1.807, 2.05) is 24.0 Å². The fourth-order valence-corrected chi connectivity index (χ4v) is 3.49. The molecule has 1 fully saturated rings. The van der Waals surface area contributed by atoms with E-state index < -0.39 is 10.0 Å². The summed E-state index contributed by atoms with van der Waals surface area (Å²) in [6, 6.07) is 6.35. The number of halogens is 1. The zero-order chi connectivity index (χ0) is 17.9. The Hall–Kier alpha value is -1.65. The van der Waals surface area contributed by atoms with Crippen LogP contribution in [0.5, 0.6) is 5.75 Å². The second kappa shape index (κ2) is 8.83. The highest BCUT2D eigenvalue weighted by Crippen LogP contribution is 2.20. The zero-order valence-corrected chi connectivity index (χ0v) is 16.2. The van der Waals surface area contributed by atoms with E-state index in [9.17, 15) is 8.42 Å². The lowest BCUT2D eigenvalue weighted by atomic mass is 10.2. The van der Waals surface area contributed by atoms with E-state index in [4.69, 9.17) is 9.88 Å². The molecule has 1 atom stereocenters. The van der Waals surface area contributed by atoms with Crippen LogP contribution in [0.4, 0.5) is 0 Å². The monoisotopic (exact) mass is 401 g/mol. The number of rotatable bonds is 6. The molecule has 1 saturated heterocycles. The summed E-state index contributed by atoms with van der Waals surface area (Å²) < 4.78 is 30.3. The van der Waals surface area contributed by atoms with Gasteiger partial charge in [0.25, 0.3) is 0 Å². The summed E-state index contributed by atoms with van der Waals surface area (Å²) in [5.41, 5.74) is 0. The van der Waals surface area contributed by atoms with Crippen LogP contribution in [0.2, 0.25) is 0 Å². The average molecular weight is 402 g/mol. The van der Waals surface area contributed by atoms with Gasteiger partial charge in [0.1, 0.15) is 18.2 Å². The number of hydrogen-bond acceptors (Lipinski definition) is 6. The molecule has 0 aliphatic carbocycles. The molecular formula is C16H24ClN5O3S. The zero-order valence-electron chi connectivity index (χ0n) is 14.5. The molecule has 1 aromatic heterocycles. The number of sulfonamides is 1. The predicted molar refractivity (Wildman–Crippen MR) is 101 cm³/mol. The molecule has 1 aliphatic rings. The molecule has 3 rings (SSSR count). The average Bonchev–Trinajstić information content (AvgIpc) is 3.01. The summed E-state index contributed by atoms with van der Waals surface area (Å²) in [7, 11) is -1.68. The highest BCUT2D eigenvalue weighted by molar-refractivity contribution is 7.89. The van der Waals surface area contributed by atoms with Crippen LogP contribution < -0.4 is 15.2 Å². The van der Waals surface area contributed by atoms with Gasteiger partial charge in [-0.15, -0.1) is 12.4 Å². The third-order valence-corrected chi connectivity index (χ3v) is 5.24. The lowest BCUT2D eigenvalue weighted by Crippen LogP contribution is -2.48. The second-order valence-corrected chi connectivity index (χ2v) is 7.58. The second-order valence-electron chi connectivity index (χ2n) is 6.02. The number of hydrogen-bond donors (Lipinski definition) is 2. The van der Waals surface area contributed by atoms with E-state index in [-0.39, 0.29) is 23.3 Å². The van der Waals surface area contributed by atoms with Crippen LogP contribution in [0.25, 0.3) is 0 Å². The van der Waals surface area contributed by atoms with Crippen molar-refractivity contribution in [3.63, 3.8) is 0 Å². The van der Waals surface area contributed by atoms with Crippen molar-refractivity contribution in [2.24, 2.45) is 12.2 Å². The van der Waals surface area contributed by atoms with Gasteiger partial charge in [-0.3, -0.25) is 4.90 Å². The molecule has 0 radical (unpaired) electrons. The number of ether oxygens (including phenoxy) is 1. The van der Waals surface area contributed by atoms with E-state index in [0.717, 1.165) is 32.0 Å². The molecule has 2 aromatic rings. The number of aryl methyl sites for hydroxylation is 1. The number of imidazole rings is 1. The van der Waals surface area contributed by atoms with Crippen LogP contribution in [0, 0.1) is 0 Å². The fraction of sp³-hybridized carbons (Fsp3) is 0.438. The minimum absolute atomic E-state index is 0. The third kappa shape index (κ3) is 4.95. The molecule has 144 valence electrons. The smallest absolute Gasteiger partial charge is 0.238 e. The molecule has 0 amide bonds. The maximum atomic E-state index is 11.3. The SMILES string of the molecule is Cl.Cn1ccnc1C1CNCCN1CCOc1ccc(S(N)(=O)=O)cc1. The number of nitrogens with zero attached hydrogens (tertiary/aromatic N) is 3. The molecule has 0 spiro atoms. The maximum absolute atomic E-state index is 11.3. The van der Waals surface area contributed by atoms with Gasteiger partial charge in [0.2, 0.25) is 10.0 Å². The van der Waals surface area contributed by atoms with Crippen molar-refractivity contribution in [2.75, 3.05) is 32.8 Å². The van der Waals surface area contributed by atoms with Crippen LogP contribution in [-0.2, 0) is 17.1 Å². The summed E-state index contributed by atoms with van der Waals surface area (Å²) >= 11 is 0. The van der Waals surface area contributed by atoms with Crippen LogP contribution in [0.3, 0.4) is 0 Å². The van der Waals surface area contributed by atoms with Gasteiger partial charge < -0.3 is 14.6 Å². The molecular weight excluding hydrogens is 378 g/mol. The Bertz CT molecular complexity index is 810. The van der Waals surface area contributed by atoms with Crippen molar-refractivity contribution in [2.45, 2.75) is 10.9 Å². The Morgan fingerprint density at radius 3 is 2.69 bits per heavy atom. The van der Waals surface area contributed by atoms with E-state index in [1.54, 1.807) is 12.1 Å². The minimum Gasteiger partial charge on any atom is -0.492 e. The highest BCUT2D eigenvalue weighted by Gasteiger charge is 2.26. The quantitative estimate of drug-likeness (QED) is 0.731. The minimum atomic E-state index is -3.67. The van der Waals surface area contributed by atoms with Gasteiger partial charge in [-0.05, 0) is 24.3 Å². The molecule has 1 aliphatic heterocycles. The Morgan fingerprint density at radius 1 is 1.35 bits per heavy atom. The first kappa shape index (κ1) is 20.7. The fourth-order valence-electron chi connectivity index (χ4n) is 2.97. The van der Waals surface area contributed by atoms with Crippen LogP contribution in [-0.4, -0.2) is 55.7 Å². The summed E-state index contributed by atoms with van der Waals surface area (Å²) in [4.78, 5) is 6.89. The molecule has 0 bridgehead atoms. The van der Waals surface area contributed by atoms with Crippen molar-refractivity contribution in [3.8, 4) is 5.75 Å². The first-order valence-corrected chi connectivity index (χ1v) is 9.67. The van der Waals surface area contributed by atoms with Crippen molar-refractivity contribution in [1.82, 2.24) is 19.8 Å². The van der Waals surface area contributed by atoms with E-state index >= 15 is 0 Å². The normalized spacial score (nSPS) is 18.3. The first-order chi connectivity index (χ1) is 11.9. The molecule has 1 unspecified atom stereocenters. The molecule has 1 aromatic carbocycles. The number of nitrogens with one attached hydrogen (secondary N) is 1. The summed E-state index contributed by atoms with van der Waals surface area (Å²) in [6.45, 7) is 3.98. The van der Waals surface area contributed by atoms with Crippen molar-refractivity contribution in [3.05, 3.63) is 42.5 Å². The van der Waals surface area contributed by atoms with Crippen LogP contribution in [0.15, 0.2) is 41.6 Å². The Kier molecular flexibility index (Phi) is 7.01. The van der Waals surface area contributed by atoms with Crippen LogP contribution in [0.1, 0.15) is 11.9 Å². The standard InChI is InChI=1S/C16H23N5O3S.ClH/c1-20-8-7-19-16(20)15-12-18-6-9-21(15)10-11-24-13-2-4-14(5-3-13)25(17,22)23;/h2-5,7-8,15,18H,6,9-12H2,1H3,(H2,17,22,23);1H. The summed E-state index contributed by atoms with van der Waals surface area (Å²) in [5, 5.41) is 8.49. The van der Waals surface area contributed by atoms with E-state index in [1.165, 1.54) is 12.1 Å². The Labute approximate surface area is 159 Å². The topological polar surface area (TPSA) is 102 Å². The number of piperazine rings is 1. The Morgan fingerprint density at radius 2 is 2.08 bits per heavy atom. The van der Waals surface area contributed by atoms with Crippen molar-refractivity contribution < 1.29 is 13.2 Å². The Balaban J connectivity index is 0.00000243. The predicted octanol–water partition coefficient (Wildman–Crippen LogP) is 0.515. The molecule has 26 heavy (non-hydrogen) atoms. The number of aromatic nitrogens is 2. The molecule has 10 heteroatoms. The maximum Gasteiger partial charge on any atom is 0.238 e. The molecule has 3 N–H and O–H groups in total. The largest absolute Gasteiger partial charge is 0.492 e. The summed E-state index contributed by atoms with van der Waals surface area (Å²) in [5.74, 6) is 1.65. The van der Waals surface area contributed by atoms with E-state index in [2.05, 4.69) is 15.2 Å². The van der Waals surface area contributed by atoms with Crippen LogP contribution >= 0.6 is 12.4 Å². The van der Waals surface area contributed by atoms with Crippen molar-refractivity contribution in [1.29, 1.82) is 0 Å². The third-order valence-electron chi connectivity index (χ3n) is 4.31. The summed E-state index contributed by atoms with van der Waals surface area (Å²) in [6.07, 6.45) is 3.76. The van der Waals surface area contributed by atoms with E-state index in [0.29, 0.717) is 12.4 Å². The van der Waals surface area contributed by atoms with Gasteiger partial charge in [0.05, 0.1) is 10.9 Å². The van der Waals surface area contributed by atoms with Crippen molar-refractivity contribution >= 4 is 22.4 Å². The van der Waals surface area contributed by atoms with Gasteiger partial charge in [-0.2, -0.15) is 0 Å². The van der Waals surface area contributed by atoms with Gasteiger partial charge in [0.15, 0.2) is 0 Å². The van der Waals surface area contributed by atoms with Gasteiger partial charge in [0, 0.05) is 45.6 Å². The molecule has 2 heterocycles. The molecule has 8 nitrogen and oxygen atoms in total. The number of primary sulfonamides is 1. The lowest BCUT2D eigenvalue weighted by molar-refractivity contribution is 0.127. The number of nitrogens with two attached hydrogens (primary N) is 1. The van der Waals surface area contributed by atoms with Gasteiger partial charge in [-0.25, -0.2) is 18.5 Å². The first-order valence-electron chi connectivity index (χ1n) is 8.13. The van der Waals surface area contributed by atoms with Gasteiger partial charge >= 0.3 is 0 Å².